The maximum atomic E-state index is 6.20. The van der Waals surface area contributed by atoms with Crippen LogP contribution in [0, 0.1) is 5.92 Å². The molecule has 0 amide bonds. The van der Waals surface area contributed by atoms with E-state index in [1.807, 2.05) is 12.3 Å². The van der Waals surface area contributed by atoms with Crippen molar-refractivity contribution in [1.29, 1.82) is 0 Å². The molecule has 17 heavy (non-hydrogen) atoms. The Kier molecular flexibility index (Phi) is 2.39. The molecule has 1 aliphatic rings. The van der Waals surface area contributed by atoms with Gasteiger partial charge in [-0.25, -0.2) is 0 Å². The van der Waals surface area contributed by atoms with Gasteiger partial charge in [-0.1, -0.05) is 6.07 Å². The van der Waals surface area contributed by atoms with Gasteiger partial charge in [0.25, 0.3) is 0 Å². The predicted octanol–water partition coefficient (Wildman–Crippen LogP) is 3.03. The Hall–Kier alpha value is -1.77. The van der Waals surface area contributed by atoms with E-state index >= 15 is 0 Å². The highest BCUT2D eigenvalue weighted by Gasteiger charge is 2.28. The van der Waals surface area contributed by atoms with Crippen molar-refractivity contribution in [2.75, 3.05) is 11.1 Å². The molecule has 3 nitrogen and oxygen atoms in total. The topological polar surface area (TPSA) is 50.9 Å². The average Bonchev–Trinajstić information content (AvgIpc) is 3.17. The number of nitrogens with zero attached hydrogens (tertiary/aromatic N) is 1. The first-order valence-corrected chi connectivity index (χ1v) is 6.14. The van der Waals surface area contributed by atoms with Crippen LogP contribution in [0.4, 0.5) is 11.4 Å². The third-order valence-electron chi connectivity index (χ3n) is 3.57. The van der Waals surface area contributed by atoms with Crippen molar-refractivity contribution in [2.24, 2.45) is 5.92 Å². The Morgan fingerprint density at radius 3 is 2.94 bits per heavy atom. The number of rotatable bonds is 3. The second-order valence-corrected chi connectivity index (χ2v) is 4.89. The fraction of sp³-hybridized carbons (Fsp3) is 0.357. The summed E-state index contributed by atoms with van der Waals surface area (Å²) in [4.78, 5) is 4.11. The summed E-state index contributed by atoms with van der Waals surface area (Å²) in [7, 11) is 0. The average molecular weight is 227 g/mol. The fourth-order valence-electron chi connectivity index (χ4n) is 2.28. The second-order valence-electron chi connectivity index (χ2n) is 4.89. The molecule has 3 heteroatoms. The van der Waals surface area contributed by atoms with Crippen LogP contribution in [0.3, 0.4) is 0 Å². The highest BCUT2D eigenvalue weighted by atomic mass is 14.9. The Labute approximate surface area is 101 Å². The van der Waals surface area contributed by atoms with Gasteiger partial charge < -0.3 is 11.1 Å². The lowest BCUT2D eigenvalue weighted by molar-refractivity contribution is 0.695. The molecule has 1 fully saturated rings. The van der Waals surface area contributed by atoms with Crippen LogP contribution in [0.25, 0.3) is 10.8 Å². The van der Waals surface area contributed by atoms with Crippen LogP contribution in [0.1, 0.15) is 19.8 Å². The van der Waals surface area contributed by atoms with E-state index in [1.54, 1.807) is 6.20 Å². The van der Waals surface area contributed by atoms with Crippen molar-refractivity contribution < 1.29 is 0 Å². The minimum atomic E-state index is 0.511. The molecule has 88 valence electrons. The van der Waals surface area contributed by atoms with Crippen molar-refractivity contribution in [2.45, 2.75) is 25.8 Å². The number of benzene rings is 1. The van der Waals surface area contributed by atoms with E-state index in [1.165, 1.54) is 12.8 Å². The summed E-state index contributed by atoms with van der Waals surface area (Å²) in [5.41, 5.74) is 8.07. The molecule has 1 aliphatic carbocycles. The molecule has 0 aliphatic heterocycles. The number of nitrogens with two attached hydrogens (primary N) is 1. The lowest BCUT2D eigenvalue weighted by Crippen LogP contribution is -2.18. The minimum Gasteiger partial charge on any atom is -0.397 e. The molecule has 3 N–H and O–H groups in total. The smallest absolute Gasteiger partial charge is 0.0630 e. The van der Waals surface area contributed by atoms with E-state index in [9.17, 15) is 0 Å². The van der Waals surface area contributed by atoms with Crippen molar-refractivity contribution >= 4 is 22.1 Å². The molecule has 1 aromatic carbocycles. The quantitative estimate of drug-likeness (QED) is 0.792. The van der Waals surface area contributed by atoms with Crippen LogP contribution in [0.15, 0.2) is 30.6 Å². The van der Waals surface area contributed by atoms with Gasteiger partial charge in [0.05, 0.1) is 11.4 Å². The summed E-state index contributed by atoms with van der Waals surface area (Å²) in [6.07, 6.45) is 6.31. The molecular formula is C14H17N3. The maximum Gasteiger partial charge on any atom is 0.0630 e. The van der Waals surface area contributed by atoms with Crippen LogP contribution in [0.5, 0.6) is 0 Å². The summed E-state index contributed by atoms with van der Waals surface area (Å²) >= 11 is 0. The summed E-state index contributed by atoms with van der Waals surface area (Å²) in [6.45, 7) is 2.23. The summed E-state index contributed by atoms with van der Waals surface area (Å²) < 4.78 is 0. The molecule has 0 bridgehead atoms. The van der Waals surface area contributed by atoms with E-state index < -0.39 is 0 Å². The number of nitrogens with one attached hydrogen (secondary N) is 1. The van der Waals surface area contributed by atoms with Gasteiger partial charge in [0, 0.05) is 29.2 Å². The Bertz CT molecular complexity index is 546. The summed E-state index contributed by atoms with van der Waals surface area (Å²) in [5.74, 6) is 0.822. The molecule has 1 unspecified atom stereocenters. The van der Waals surface area contributed by atoms with E-state index in [0.29, 0.717) is 6.04 Å². The molecule has 1 aromatic heterocycles. The zero-order valence-corrected chi connectivity index (χ0v) is 9.98. The Morgan fingerprint density at radius 1 is 1.35 bits per heavy atom. The van der Waals surface area contributed by atoms with E-state index in [0.717, 1.165) is 28.1 Å². The zero-order valence-electron chi connectivity index (χ0n) is 9.98. The normalized spacial score (nSPS) is 17.0. The molecule has 1 saturated carbocycles. The highest BCUT2D eigenvalue weighted by Crippen LogP contribution is 2.36. The Balaban J connectivity index is 1.96. The van der Waals surface area contributed by atoms with Gasteiger partial charge in [-0.05, 0) is 37.8 Å². The third kappa shape index (κ3) is 1.93. The van der Waals surface area contributed by atoms with Crippen molar-refractivity contribution in [1.82, 2.24) is 4.98 Å². The zero-order chi connectivity index (χ0) is 11.8. The lowest BCUT2D eigenvalue weighted by Gasteiger charge is -2.17. The van der Waals surface area contributed by atoms with E-state index in [-0.39, 0.29) is 0 Å². The number of hydrogen-bond donors (Lipinski definition) is 2. The number of anilines is 2. The monoisotopic (exact) mass is 227 g/mol. The Morgan fingerprint density at radius 2 is 2.18 bits per heavy atom. The predicted molar refractivity (Wildman–Crippen MR) is 72.0 cm³/mol. The SMILES string of the molecule is CC(Nc1ccc2cnccc2c1N)C1CC1. The molecule has 2 aromatic rings. The molecule has 1 atom stereocenters. The third-order valence-corrected chi connectivity index (χ3v) is 3.57. The van der Waals surface area contributed by atoms with Crippen LogP contribution >= 0.6 is 0 Å². The molecule has 1 heterocycles. The lowest BCUT2D eigenvalue weighted by atomic mass is 10.1. The van der Waals surface area contributed by atoms with Crippen LogP contribution in [-0.2, 0) is 0 Å². The molecular weight excluding hydrogens is 210 g/mol. The van der Waals surface area contributed by atoms with E-state index in [2.05, 4.69) is 29.4 Å². The van der Waals surface area contributed by atoms with Crippen LogP contribution in [0.2, 0.25) is 0 Å². The van der Waals surface area contributed by atoms with Crippen LogP contribution in [-0.4, -0.2) is 11.0 Å². The summed E-state index contributed by atoms with van der Waals surface area (Å²) in [5, 5.41) is 5.69. The standard InChI is InChI=1S/C14H17N3/c1-9(10-2-3-10)17-13-5-4-11-8-16-7-6-12(11)14(13)15/h4-10,17H,2-3,15H2,1H3. The summed E-state index contributed by atoms with van der Waals surface area (Å²) in [6, 6.07) is 6.60. The van der Waals surface area contributed by atoms with Crippen molar-refractivity contribution in [3.05, 3.63) is 30.6 Å². The number of hydrogen-bond acceptors (Lipinski definition) is 3. The van der Waals surface area contributed by atoms with Gasteiger partial charge in [0.15, 0.2) is 0 Å². The molecule has 0 radical (unpaired) electrons. The number of nitrogen functional groups attached to an aromatic ring is 1. The number of fused-ring (bicyclic) bond motifs is 1. The number of aromatic nitrogens is 1. The molecule has 0 spiro atoms. The van der Waals surface area contributed by atoms with Gasteiger partial charge in [-0.2, -0.15) is 0 Å². The molecule has 0 saturated heterocycles. The first-order valence-electron chi connectivity index (χ1n) is 6.14. The van der Waals surface area contributed by atoms with Gasteiger partial charge in [0.2, 0.25) is 0 Å². The number of pyridine rings is 1. The first-order chi connectivity index (χ1) is 8.25. The first kappa shape index (κ1) is 10.4. The van der Waals surface area contributed by atoms with Crippen LogP contribution < -0.4 is 11.1 Å². The largest absolute Gasteiger partial charge is 0.397 e. The second kappa shape index (κ2) is 3.91. The van der Waals surface area contributed by atoms with Gasteiger partial charge in [-0.15, -0.1) is 0 Å². The maximum absolute atomic E-state index is 6.20. The van der Waals surface area contributed by atoms with Gasteiger partial charge in [0.1, 0.15) is 0 Å². The van der Waals surface area contributed by atoms with E-state index in [4.69, 9.17) is 5.73 Å². The van der Waals surface area contributed by atoms with Gasteiger partial charge in [-0.3, -0.25) is 4.98 Å². The van der Waals surface area contributed by atoms with Crippen molar-refractivity contribution in [3.63, 3.8) is 0 Å². The minimum absolute atomic E-state index is 0.511. The molecule has 3 rings (SSSR count). The van der Waals surface area contributed by atoms with Crippen molar-refractivity contribution in [3.8, 4) is 0 Å². The fourth-order valence-corrected chi connectivity index (χ4v) is 2.28. The van der Waals surface area contributed by atoms with Gasteiger partial charge >= 0.3 is 0 Å². The highest BCUT2D eigenvalue weighted by molar-refractivity contribution is 5.98.